The van der Waals surface area contributed by atoms with Gasteiger partial charge >= 0.3 is 0 Å². The zero-order chi connectivity index (χ0) is 9.07. The van der Waals surface area contributed by atoms with Gasteiger partial charge in [0.25, 0.3) is 0 Å². The quantitative estimate of drug-likeness (QED) is 0.677. The first-order chi connectivity index (χ1) is 4.90. The maximum Gasteiger partial charge on any atom is 0.141 e. The molecule has 0 heterocycles. The predicted octanol–water partition coefficient (Wildman–Crippen LogP) is 1.76. The largest absolute Gasteiger partial charge is 0.393 e. The van der Waals surface area contributed by atoms with Crippen molar-refractivity contribution in [1.82, 2.24) is 0 Å². The molecule has 0 spiro atoms. The van der Waals surface area contributed by atoms with Crippen LogP contribution in [0.2, 0.25) is 0 Å². The van der Waals surface area contributed by atoms with Gasteiger partial charge in [-0.1, -0.05) is 20.8 Å². The minimum absolute atomic E-state index is 0.148. The molecule has 1 atom stereocenters. The normalized spacial score (nSPS) is 14.6. The Hall–Kier alpha value is -0.370. The molecule has 0 fully saturated rings. The molecular weight excluding hydrogens is 140 g/mol. The van der Waals surface area contributed by atoms with Crippen molar-refractivity contribution >= 4 is 5.78 Å². The van der Waals surface area contributed by atoms with E-state index in [1.54, 1.807) is 6.92 Å². The van der Waals surface area contributed by atoms with E-state index >= 15 is 0 Å². The highest BCUT2D eigenvalue weighted by molar-refractivity contribution is 5.84. The Morgan fingerprint density at radius 1 is 1.55 bits per heavy atom. The van der Waals surface area contributed by atoms with E-state index in [9.17, 15) is 4.79 Å². The molecule has 0 saturated heterocycles. The molecule has 0 aromatic rings. The van der Waals surface area contributed by atoms with Gasteiger partial charge in [0.1, 0.15) is 5.78 Å². The summed E-state index contributed by atoms with van der Waals surface area (Å²) < 4.78 is 0. The van der Waals surface area contributed by atoms with Crippen LogP contribution in [0, 0.1) is 5.41 Å². The first-order valence-corrected chi connectivity index (χ1v) is 4.11. The first kappa shape index (κ1) is 10.6. The van der Waals surface area contributed by atoms with Crippen molar-refractivity contribution in [3.8, 4) is 0 Å². The van der Waals surface area contributed by atoms with Crippen LogP contribution in [0.5, 0.6) is 0 Å². The third-order valence-electron chi connectivity index (χ3n) is 2.12. The van der Waals surface area contributed by atoms with Gasteiger partial charge in [-0.3, -0.25) is 4.79 Å². The van der Waals surface area contributed by atoms with E-state index in [1.807, 2.05) is 20.8 Å². The molecular formula is C9H18O2. The van der Waals surface area contributed by atoms with Gasteiger partial charge in [-0.2, -0.15) is 0 Å². The zero-order valence-corrected chi connectivity index (χ0v) is 7.85. The van der Waals surface area contributed by atoms with Crippen molar-refractivity contribution in [2.24, 2.45) is 5.41 Å². The fraction of sp³-hybridized carbons (Fsp3) is 0.889. The van der Waals surface area contributed by atoms with Crippen LogP contribution in [0.1, 0.15) is 40.5 Å². The van der Waals surface area contributed by atoms with E-state index in [0.29, 0.717) is 0 Å². The Labute approximate surface area is 68.6 Å². The summed E-state index contributed by atoms with van der Waals surface area (Å²) in [6.07, 6.45) is 0.604. The second-order valence-corrected chi connectivity index (χ2v) is 3.71. The number of hydrogen-bond acceptors (Lipinski definition) is 2. The van der Waals surface area contributed by atoms with Gasteiger partial charge in [0.2, 0.25) is 0 Å². The van der Waals surface area contributed by atoms with Crippen LogP contribution in [-0.4, -0.2) is 17.0 Å². The topological polar surface area (TPSA) is 37.3 Å². The van der Waals surface area contributed by atoms with E-state index < -0.39 is 6.10 Å². The Morgan fingerprint density at radius 3 is 2.27 bits per heavy atom. The molecule has 1 N–H and O–H groups in total. The summed E-state index contributed by atoms with van der Waals surface area (Å²) in [6, 6.07) is 0. The van der Waals surface area contributed by atoms with Crippen LogP contribution in [0.25, 0.3) is 0 Å². The summed E-state index contributed by atoms with van der Waals surface area (Å²) in [5.74, 6) is 0.148. The molecule has 0 aromatic carbocycles. The highest BCUT2D eigenvalue weighted by Crippen LogP contribution is 2.23. The molecule has 11 heavy (non-hydrogen) atoms. The van der Waals surface area contributed by atoms with Gasteiger partial charge in [-0.15, -0.1) is 0 Å². The van der Waals surface area contributed by atoms with Crippen LogP contribution < -0.4 is 0 Å². The van der Waals surface area contributed by atoms with Crippen molar-refractivity contribution in [1.29, 1.82) is 0 Å². The van der Waals surface area contributed by atoms with Gasteiger partial charge in [-0.05, 0) is 13.3 Å². The molecule has 0 rings (SSSR count). The van der Waals surface area contributed by atoms with Gasteiger partial charge in [0.05, 0.1) is 6.10 Å². The highest BCUT2D eigenvalue weighted by Gasteiger charge is 2.25. The molecule has 2 nitrogen and oxygen atoms in total. The SMILES string of the molecule is CCC(C)(C)C(=O)CC(C)O. The fourth-order valence-corrected chi connectivity index (χ4v) is 0.742. The molecule has 0 aliphatic rings. The molecule has 0 aromatic heterocycles. The fourth-order valence-electron chi connectivity index (χ4n) is 0.742. The van der Waals surface area contributed by atoms with Crippen molar-refractivity contribution in [2.45, 2.75) is 46.6 Å². The number of ketones is 1. The maximum atomic E-state index is 11.3. The van der Waals surface area contributed by atoms with E-state index in [2.05, 4.69) is 0 Å². The molecule has 66 valence electrons. The van der Waals surface area contributed by atoms with Crippen molar-refractivity contribution < 1.29 is 9.90 Å². The summed E-state index contributed by atoms with van der Waals surface area (Å²) >= 11 is 0. The molecule has 0 amide bonds. The molecule has 1 unspecified atom stereocenters. The zero-order valence-electron chi connectivity index (χ0n) is 7.85. The van der Waals surface area contributed by atoms with Crippen LogP contribution in [-0.2, 0) is 4.79 Å². The number of Topliss-reactive ketones (excluding diaryl/α,β-unsaturated/α-hetero) is 1. The number of carbonyl (C=O) groups is 1. The smallest absolute Gasteiger partial charge is 0.141 e. The van der Waals surface area contributed by atoms with Crippen molar-refractivity contribution in [2.75, 3.05) is 0 Å². The lowest BCUT2D eigenvalue weighted by atomic mass is 9.83. The van der Waals surface area contributed by atoms with Gasteiger partial charge < -0.3 is 5.11 Å². The summed E-state index contributed by atoms with van der Waals surface area (Å²) in [6.45, 7) is 7.46. The van der Waals surface area contributed by atoms with E-state index in [0.717, 1.165) is 6.42 Å². The second-order valence-electron chi connectivity index (χ2n) is 3.71. The lowest BCUT2D eigenvalue weighted by Crippen LogP contribution is -2.26. The third-order valence-corrected chi connectivity index (χ3v) is 2.12. The highest BCUT2D eigenvalue weighted by atomic mass is 16.3. The molecule has 0 aliphatic carbocycles. The van der Waals surface area contributed by atoms with Gasteiger partial charge in [0.15, 0.2) is 0 Å². The number of aliphatic hydroxyl groups is 1. The average Bonchev–Trinajstić information content (AvgIpc) is 1.86. The van der Waals surface area contributed by atoms with Crippen molar-refractivity contribution in [3.05, 3.63) is 0 Å². The molecule has 0 aliphatic heterocycles. The Kier molecular flexibility index (Phi) is 3.73. The number of rotatable bonds is 4. The molecule has 0 bridgehead atoms. The molecule has 0 radical (unpaired) electrons. The van der Waals surface area contributed by atoms with Crippen LogP contribution in [0.15, 0.2) is 0 Å². The number of hydrogen-bond donors (Lipinski definition) is 1. The van der Waals surface area contributed by atoms with E-state index in [4.69, 9.17) is 5.11 Å². The summed E-state index contributed by atoms with van der Waals surface area (Å²) in [5, 5.41) is 8.96. The van der Waals surface area contributed by atoms with E-state index in [1.165, 1.54) is 0 Å². The minimum Gasteiger partial charge on any atom is -0.393 e. The average molecular weight is 158 g/mol. The van der Waals surface area contributed by atoms with Crippen LogP contribution >= 0.6 is 0 Å². The lowest BCUT2D eigenvalue weighted by Gasteiger charge is -2.21. The minimum atomic E-state index is -0.506. The summed E-state index contributed by atoms with van der Waals surface area (Å²) in [7, 11) is 0. The first-order valence-electron chi connectivity index (χ1n) is 4.11. The third kappa shape index (κ3) is 3.51. The van der Waals surface area contributed by atoms with Gasteiger partial charge in [-0.25, -0.2) is 0 Å². The maximum absolute atomic E-state index is 11.3. The van der Waals surface area contributed by atoms with Gasteiger partial charge in [0, 0.05) is 11.8 Å². The Morgan fingerprint density at radius 2 is 2.00 bits per heavy atom. The molecule has 2 heteroatoms. The monoisotopic (exact) mass is 158 g/mol. The number of aliphatic hydroxyl groups excluding tert-OH is 1. The summed E-state index contributed by atoms with van der Waals surface area (Å²) in [4.78, 5) is 11.3. The number of carbonyl (C=O) groups excluding carboxylic acids is 1. The second kappa shape index (κ2) is 3.86. The Balaban J connectivity index is 4.02. The Bertz CT molecular complexity index is 136. The van der Waals surface area contributed by atoms with E-state index in [-0.39, 0.29) is 17.6 Å². The predicted molar refractivity (Wildman–Crippen MR) is 45.4 cm³/mol. The van der Waals surface area contributed by atoms with Crippen molar-refractivity contribution in [3.63, 3.8) is 0 Å². The van der Waals surface area contributed by atoms with Crippen LogP contribution in [0.4, 0.5) is 0 Å². The molecule has 0 saturated carbocycles. The lowest BCUT2D eigenvalue weighted by molar-refractivity contribution is -0.129. The summed E-state index contributed by atoms with van der Waals surface area (Å²) in [5.41, 5.74) is -0.267. The standard InChI is InChI=1S/C9H18O2/c1-5-9(3,4)8(11)6-7(2)10/h7,10H,5-6H2,1-4H3. The van der Waals surface area contributed by atoms with Crippen LogP contribution in [0.3, 0.4) is 0 Å².